The summed E-state index contributed by atoms with van der Waals surface area (Å²) in [5, 5.41) is 3.55. The summed E-state index contributed by atoms with van der Waals surface area (Å²) in [6.07, 6.45) is 2.92. The molecule has 0 saturated carbocycles. The zero-order valence-corrected chi connectivity index (χ0v) is 14.9. The third-order valence-electron chi connectivity index (χ3n) is 4.87. The minimum atomic E-state index is -0.800. The summed E-state index contributed by atoms with van der Waals surface area (Å²) >= 11 is 0. The molecule has 1 aromatic carbocycles. The molecule has 2 heterocycles. The van der Waals surface area contributed by atoms with Crippen molar-refractivity contribution in [2.24, 2.45) is 5.92 Å². The molecule has 0 amide bonds. The fraction of sp³-hybridized carbons (Fsp3) is 0.474. The molecule has 0 bridgehead atoms. The van der Waals surface area contributed by atoms with Gasteiger partial charge in [-0.05, 0) is 45.2 Å². The van der Waals surface area contributed by atoms with Crippen LogP contribution in [0.4, 0.5) is 14.5 Å². The molecule has 1 fully saturated rings. The molecule has 25 heavy (non-hydrogen) atoms. The van der Waals surface area contributed by atoms with Crippen LogP contribution in [0.1, 0.15) is 36.5 Å². The highest BCUT2D eigenvalue weighted by atomic mass is 19.2. The number of aromatic nitrogens is 2. The van der Waals surface area contributed by atoms with Crippen LogP contribution in [0, 0.1) is 31.4 Å². The second-order valence-corrected chi connectivity index (χ2v) is 6.79. The summed E-state index contributed by atoms with van der Waals surface area (Å²) in [7, 11) is 0. The van der Waals surface area contributed by atoms with Gasteiger partial charge in [0.15, 0.2) is 11.6 Å². The molecule has 0 aliphatic carbocycles. The second-order valence-electron chi connectivity index (χ2n) is 6.79. The fourth-order valence-electron chi connectivity index (χ4n) is 3.39. The molecular weight excluding hydrogens is 322 g/mol. The van der Waals surface area contributed by atoms with Crippen LogP contribution in [0.15, 0.2) is 24.4 Å². The second kappa shape index (κ2) is 7.44. The number of nitrogens with zero attached hydrogens (tertiary/aromatic N) is 3. The van der Waals surface area contributed by atoms with Crippen LogP contribution in [0.5, 0.6) is 0 Å². The Morgan fingerprint density at radius 1 is 1.28 bits per heavy atom. The largest absolute Gasteiger partial charge is 0.371 e. The van der Waals surface area contributed by atoms with Crippen molar-refractivity contribution in [1.82, 2.24) is 15.3 Å². The van der Waals surface area contributed by atoms with E-state index < -0.39 is 11.6 Å². The molecule has 0 radical (unpaired) electrons. The van der Waals surface area contributed by atoms with E-state index in [1.54, 1.807) is 6.07 Å². The number of hydrogen-bond acceptors (Lipinski definition) is 4. The molecule has 1 N–H and O–H groups in total. The molecule has 134 valence electrons. The first-order chi connectivity index (χ1) is 11.9. The Morgan fingerprint density at radius 3 is 2.80 bits per heavy atom. The van der Waals surface area contributed by atoms with Crippen LogP contribution in [-0.2, 0) is 0 Å². The topological polar surface area (TPSA) is 41.1 Å². The van der Waals surface area contributed by atoms with Crippen molar-refractivity contribution >= 4 is 5.69 Å². The van der Waals surface area contributed by atoms with Crippen molar-refractivity contribution in [3.8, 4) is 0 Å². The molecule has 0 spiro atoms. The van der Waals surface area contributed by atoms with Crippen LogP contribution >= 0.6 is 0 Å². The molecule has 1 aliphatic heterocycles. The Bertz CT molecular complexity index is 750. The Labute approximate surface area is 147 Å². The Kier molecular flexibility index (Phi) is 5.27. The first kappa shape index (κ1) is 17.7. The molecule has 3 rings (SSSR count). The standard InChI is InChI=1S/C19H24F2N4/c1-12(17-10-23-14(3)24-13(17)2)22-9-15-6-7-25(11-15)16-4-5-18(20)19(21)8-16/h4-5,8,10,12,15,22H,6-7,9,11H2,1-3H3. The summed E-state index contributed by atoms with van der Waals surface area (Å²) < 4.78 is 26.5. The van der Waals surface area contributed by atoms with Crippen LogP contribution in [0.2, 0.25) is 0 Å². The van der Waals surface area contributed by atoms with Crippen LogP contribution in [0.3, 0.4) is 0 Å². The fourth-order valence-corrected chi connectivity index (χ4v) is 3.39. The Hall–Kier alpha value is -2.08. The van der Waals surface area contributed by atoms with Gasteiger partial charge in [0.25, 0.3) is 0 Å². The number of benzene rings is 1. The van der Waals surface area contributed by atoms with Gasteiger partial charge in [-0.15, -0.1) is 0 Å². The SMILES string of the molecule is Cc1ncc(C(C)NCC2CCN(c3ccc(F)c(F)c3)C2)c(C)n1. The maximum atomic E-state index is 13.4. The third kappa shape index (κ3) is 4.12. The average molecular weight is 346 g/mol. The minimum Gasteiger partial charge on any atom is -0.371 e. The van der Waals surface area contributed by atoms with Gasteiger partial charge in [-0.25, -0.2) is 18.7 Å². The first-order valence-electron chi connectivity index (χ1n) is 8.67. The Balaban J connectivity index is 1.55. The number of nitrogens with one attached hydrogen (secondary N) is 1. The lowest BCUT2D eigenvalue weighted by Crippen LogP contribution is -2.29. The van der Waals surface area contributed by atoms with Crippen LogP contribution in [0.25, 0.3) is 0 Å². The molecule has 1 saturated heterocycles. The van der Waals surface area contributed by atoms with E-state index in [1.807, 2.05) is 20.0 Å². The van der Waals surface area contributed by atoms with Gasteiger partial charge < -0.3 is 10.2 Å². The van der Waals surface area contributed by atoms with Crippen molar-refractivity contribution < 1.29 is 8.78 Å². The molecule has 1 aromatic heterocycles. The lowest BCUT2D eigenvalue weighted by Gasteiger charge is -2.21. The molecular formula is C19H24F2N4. The summed E-state index contributed by atoms with van der Waals surface area (Å²) in [5.41, 5.74) is 2.86. The first-order valence-corrected chi connectivity index (χ1v) is 8.67. The van der Waals surface area contributed by atoms with E-state index in [0.29, 0.717) is 5.92 Å². The number of halogens is 2. The van der Waals surface area contributed by atoms with Gasteiger partial charge >= 0.3 is 0 Å². The summed E-state index contributed by atoms with van der Waals surface area (Å²) in [6.45, 7) is 8.58. The van der Waals surface area contributed by atoms with Gasteiger partial charge in [0, 0.05) is 54.9 Å². The minimum absolute atomic E-state index is 0.179. The van der Waals surface area contributed by atoms with Crippen LogP contribution < -0.4 is 10.2 Å². The highest BCUT2D eigenvalue weighted by Crippen LogP contribution is 2.25. The van der Waals surface area contributed by atoms with Crippen LogP contribution in [-0.4, -0.2) is 29.6 Å². The maximum Gasteiger partial charge on any atom is 0.160 e. The zero-order valence-electron chi connectivity index (χ0n) is 14.9. The van der Waals surface area contributed by atoms with E-state index in [2.05, 4.69) is 27.1 Å². The molecule has 2 aromatic rings. The number of anilines is 1. The molecule has 6 heteroatoms. The third-order valence-corrected chi connectivity index (χ3v) is 4.87. The van der Waals surface area contributed by atoms with E-state index in [9.17, 15) is 8.78 Å². The number of hydrogen-bond donors (Lipinski definition) is 1. The quantitative estimate of drug-likeness (QED) is 0.899. The molecule has 4 nitrogen and oxygen atoms in total. The van der Waals surface area contributed by atoms with E-state index in [1.165, 1.54) is 12.1 Å². The highest BCUT2D eigenvalue weighted by Gasteiger charge is 2.24. The van der Waals surface area contributed by atoms with Gasteiger partial charge in [-0.3, -0.25) is 0 Å². The van der Waals surface area contributed by atoms with Gasteiger partial charge in [-0.2, -0.15) is 0 Å². The molecule has 2 unspecified atom stereocenters. The van der Waals surface area contributed by atoms with E-state index in [-0.39, 0.29) is 6.04 Å². The monoisotopic (exact) mass is 346 g/mol. The number of aryl methyl sites for hydroxylation is 2. The van der Waals surface area contributed by atoms with Crippen molar-refractivity contribution in [2.45, 2.75) is 33.2 Å². The Morgan fingerprint density at radius 2 is 2.08 bits per heavy atom. The summed E-state index contributed by atoms with van der Waals surface area (Å²) in [4.78, 5) is 10.8. The van der Waals surface area contributed by atoms with Gasteiger partial charge in [0.2, 0.25) is 0 Å². The van der Waals surface area contributed by atoms with Gasteiger partial charge in [0.1, 0.15) is 5.82 Å². The van der Waals surface area contributed by atoms with Gasteiger partial charge in [-0.1, -0.05) is 0 Å². The van der Waals surface area contributed by atoms with E-state index in [4.69, 9.17) is 0 Å². The molecule has 1 aliphatic rings. The summed E-state index contributed by atoms with van der Waals surface area (Å²) in [6, 6.07) is 4.29. The predicted molar refractivity (Wildman–Crippen MR) is 94.6 cm³/mol. The molecule has 2 atom stereocenters. The summed E-state index contributed by atoms with van der Waals surface area (Å²) in [5.74, 6) is -0.332. The maximum absolute atomic E-state index is 13.4. The normalized spacial score (nSPS) is 18.6. The van der Waals surface area contributed by atoms with Crippen molar-refractivity contribution in [2.75, 3.05) is 24.5 Å². The zero-order chi connectivity index (χ0) is 18.0. The van der Waals surface area contributed by atoms with E-state index >= 15 is 0 Å². The smallest absolute Gasteiger partial charge is 0.160 e. The van der Waals surface area contributed by atoms with E-state index in [0.717, 1.165) is 48.8 Å². The lowest BCUT2D eigenvalue weighted by atomic mass is 10.1. The van der Waals surface area contributed by atoms with Crippen molar-refractivity contribution in [1.29, 1.82) is 0 Å². The lowest BCUT2D eigenvalue weighted by molar-refractivity contribution is 0.470. The predicted octanol–water partition coefficient (Wildman–Crippen LogP) is 3.55. The van der Waals surface area contributed by atoms with Crippen molar-refractivity contribution in [3.05, 3.63) is 53.1 Å². The highest BCUT2D eigenvalue weighted by molar-refractivity contribution is 5.47. The average Bonchev–Trinajstić information content (AvgIpc) is 3.04. The van der Waals surface area contributed by atoms with Crippen molar-refractivity contribution in [3.63, 3.8) is 0 Å². The van der Waals surface area contributed by atoms with Gasteiger partial charge in [0.05, 0.1) is 0 Å². The number of rotatable bonds is 5.